The zero-order valence-electron chi connectivity index (χ0n) is 11.1. The predicted molar refractivity (Wildman–Crippen MR) is 78.2 cm³/mol. The Morgan fingerprint density at radius 2 is 2.20 bits per heavy atom. The Hall–Kier alpha value is -1.53. The number of halogens is 2. The number of benzene rings is 1. The Balaban J connectivity index is 2.05. The van der Waals surface area contributed by atoms with Gasteiger partial charge in [0, 0.05) is 12.7 Å². The molecule has 0 bridgehead atoms. The Labute approximate surface area is 125 Å². The number of hydrogen-bond acceptors (Lipinski definition) is 4. The first-order chi connectivity index (χ1) is 9.69. The SMILES string of the molecule is CCCNCc1cncc(Oc2ccc(F)c(Br)c2)n1. The molecule has 0 aliphatic rings. The van der Waals surface area contributed by atoms with Gasteiger partial charge in [0.15, 0.2) is 0 Å². The summed E-state index contributed by atoms with van der Waals surface area (Å²) in [7, 11) is 0. The maximum absolute atomic E-state index is 13.1. The lowest BCUT2D eigenvalue weighted by molar-refractivity contribution is 0.454. The van der Waals surface area contributed by atoms with Crippen LogP contribution in [-0.2, 0) is 6.54 Å². The van der Waals surface area contributed by atoms with Crippen molar-refractivity contribution in [3.8, 4) is 11.6 Å². The van der Waals surface area contributed by atoms with E-state index in [9.17, 15) is 4.39 Å². The van der Waals surface area contributed by atoms with E-state index in [1.54, 1.807) is 18.3 Å². The summed E-state index contributed by atoms with van der Waals surface area (Å²) >= 11 is 3.11. The van der Waals surface area contributed by atoms with Crippen LogP contribution >= 0.6 is 15.9 Å². The van der Waals surface area contributed by atoms with E-state index in [4.69, 9.17) is 4.74 Å². The molecule has 0 radical (unpaired) electrons. The molecule has 106 valence electrons. The fraction of sp³-hybridized carbons (Fsp3) is 0.286. The Bertz CT molecular complexity index is 580. The molecule has 1 N–H and O–H groups in total. The highest BCUT2D eigenvalue weighted by atomic mass is 79.9. The Morgan fingerprint density at radius 1 is 1.35 bits per heavy atom. The predicted octanol–water partition coefficient (Wildman–Crippen LogP) is 3.67. The van der Waals surface area contributed by atoms with Crippen molar-refractivity contribution < 1.29 is 9.13 Å². The van der Waals surface area contributed by atoms with Crippen molar-refractivity contribution in [2.45, 2.75) is 19.9 Å². The molecule has 0 aliphatic heterocycles. The Morgan fingerprint density at radius 3 is 2.95 bits per heavy atom. The van der Waals surface area contributed by atoms with Gasteiger partial charge in [-0.2, -0.15) is 0 Å². The highest BCUT2D eigenvalue weighted by Gasteiger charge is 2.05. The van der Waals surface area contributed by atoms with E-state index in [1.807, 2.05) is 0 Å². The van der Waals surface area contributed by atoms with Gasteiger partial charge >= 0.3 is 0 Å². The lowest BCUT2D eigenvalue weighted by Crippen LogP contribution is -2.15. The van der Waals surface area contributed by atoms with Gasteiger partial charge in [-0.15, -0.1) is 0 Å². The molecule has 0 saturated carbocycles. The van der Waals surface area contributed by atoms with Crippen LogP contribution in [0.25, 0.3) is 0 Å². The smallest absolute Gasteiger partial charge is 0.238 e. The van der Waals surface area contributed by atoms with Crippen molar-refractivity contribution in [3.63, 3.8) is 0 Å². The van der Waals surface area contributed by atoms with Gasteiger partial charge < -0.3 is 10.1 Å². The van der Waals surface area contributed by atoms with Crippen LogP contribution in [0.15, 0.2) is 35.1 Å². The number of aromatic nitrogens is 2. The molecule has 0 unspecified atom stereocenters. The van der Waals surface area contributed by atoms with Gasteiger partial charge in [-0.1, -0.05) is 6.92 Å². The second-order valence-corrected chi connectivity index (χ2v) is 5.06. The molecule has 0 fully saturated rings. The third-order valence-electron chi connectivity index (χ3n) is 2.51. The number of ether oxygens (including phenoxy) is 1. The normalized spacial score (nSPS) is 10.6. The second kappa shape index (κ2) is 7.31. The van der Waals surface area contributed by atoms with Crippen molar-refractivity contribution in [2.75, 3.05) is 6.54 Å². The minimum Gasteiger partial charge on any atom is -0.437 e. The topological polar surface area (TPSA) is 47.0 Å². The minimum atomic E-state index is -0.332. The van der Waals surface area contributed by atoms with Crippen LogP contribution in [0.3, 0.4) is 0 Å². The number of rotatable bonds is 6. The van der Waals surface area contributed by atoms with E-state index in [0.29, 0.717) is 22.6 Å². The third-order valence-corrected chi connectivity index (χ3v) is 3.12. The summed E-state index contributed by atoms with van der Waals surface area (Å²) in [6.07, 6.45) is 4.28. The summed E-state index contributed by atoms with van der Waals surface area (Å²) in [5, 5.41) is 3.24. The maximum atomic E-state index is 13.1. The molecule has 0 spiro atoms. The molecule has 2 rings (SSSR count). The van der Waals surface area contributed by atoms with Gasteiger partial charge in [0.2, 0.25) is 5.88 Å². The van der Waals surface area contributed by atoms with E-state index >= 15 is 0 Å². The molecule has 0 aliphatic carbocycles. The molecule has 4 nitrogen and oxygen atoms in total. The van der Waals surface area contributed by atoms with Gasteiger partial charge in [-0.3, -0.25) is 4.98 Å². The zero-order chi connectivity index (χ0) is 14.4. The molecule has 2 aromatic rings. The molecule has 20 heavy (non-hydrogen) atoms. The summed E-state index contributed by atoms with van der Waals surface area (Å²) in [6.45, 7) is 3.67. The summed E-state index contributed by atoms with van der Waals surface area (Å²) in [4.78, 5) is 8.42. The quantitative estimate of drug-likeness (QED) is 0.815. The summed E-state index contributed by atoms with van der Waals surface area (Å²) in [5.74, 6) is 0.562. The lowest BCUT2D eigenvalue weighted by atomic mass is 10.3. The number of nitrogens with zero attached hydrogens (tertiary/aromatic N) is 2. The van der Waals surface area contributed by atoms with Crippen molar-refractivity contribution in [2.24, 2.45) is 0 Å². The van der Waals surface area contributed by atoms with Crippen molar-refractivity contribution >= 4 is 15.9 Å². The van der Waals surface area contributed by atoms with Crippen LogP contribution in [0.2, 0.25) is 0 Å². The number of hydrogen-bond donors (Lipinski definition) is 1. The molecule has 0 saturated heterocycles. The van der Waals surface area contributed by atoms with Crippen LogP contribution < -0.4 is 10.1 Å². The third kappa shape index (κ3) is 4.25. The fourth-order valence-corrected chi connectivity index (χ4v) is 1.93. The average molecular weight is 340 g/mol. The molecule has 1 aromatic heterocycles. The average Bonchev–Trinajstić information content (AvgIpc) is 2.44. The van der Waals surface area contributed by atoms with Gasteiger partial charge in [0.25, 0.3) is 0 Å². The van der Waals surface area contributed by atoms with Crippen LogP contribution in [0.4, 0.5) is 4.39 Å². The Kier molecular flexibility index (Phi) is 5.43. The van der Waals surface area contributed by atoms with Crippen molar-refractivity contribution in [1.29, 1.82) is 0 Å². The van der Waals surface area contributed by atoms with Crippen LogP contribution in [0, 0.1) is 5.82 Å². The van der Waals surface area contributed by atoms with E-state index in [2.05, 4.69) is 38.1 Å². The van der Waals surface area contributed by atoms with Gasteiger partial charge in [-0.05, 0) is 47.1 Å². The monoisotopic (exact) mass is 339 g/mol. The highest BCUT2D eigenvalue weighted by Crippen LogP contribution is 2.25. The fourth-order valence-electron chi connectivity index (χ4n) is 1.58. The number of nitrogens with one attached hydrogen (secondary N) is 1. The molecular formula is C14H15BrFN3O. The molecule has 0 atom stereocenters. The van der Waals surface area contributed by atoms with E-state index in [0.717, 1.165) is 18.7 Å². The summed E-state index contributed by atoms with van der Waals surface area (Å²) < 4.78 is 19.0. The maximum Gasteiger partial charge on any atom is 0.238 e. The minimum absolute atomic E-state index is 0.332. The van der Waals surface area contributed by atoms with Crippen LogP contribution in [0.5, 0.6) is 11.6 Å². The molecule has 1 heterocycles. The first kappa shape index (κ1) is 14.9. The van der Waals surface area contributed by atoms with Crippen LogP contribution in [0.1, 0.15) is 19.0 Å². The van der Waals surface area contributed by atoms with E-state index in [-0.39, 0.29) is 5.82 Å². The van der Waals surface area contributed by atoms with Crippen LogP contribution in [-0.4, -0.2) is 16.5 Å². The van der Waals surface area contributed by atoms with Gasteiger partial charge in [0.1, 0.15) is 11.6 Å². The highest BCUT2D eigenvalue weighted by molar-refractivity contribution is 9.10. The zero-order valence-corrected chi connectivity index (χ0v) is 12.7. The van der Waals surface area contributed by atoms with Gasteiger partial charge in [0.05, 0.1) is 16.4 Å². The van der Waals surface area contributed by atoms with E-state index in [1.165, 1.54) is 12.3 Å². The van der Waals surface area contributed by atoms with Crippen molar-refractivity contribution in [3.05, 3.63) is 46.6 Å². The summed E-state index contributed by atoms with van der Waals surface area (Å²) in [6, 6.07) is 4.43. The lowest BCUT2D eigenvalue weighted by Gasteiger charge is -2.07. The molecular weight excluding hydrogens is 325 g/mol. The molecule has 1 aromatic carbocycles. The standard InChI is InChI=1S/C14H15BrFN3O/c1-2-5-17-7-10-8-18-9-14(19-10)20-11-3-4-13(16)12(15)6-11/h3-4,6,8-9,17H,2,5,7H2,1H3. The van der Waals surface area contributed by atoms with E-state index < -0.39 is 0 Å². The largest absolute Gasteiger partial charge is 0.437 e. The first-order valence-corrected chi connectivity index (χ1v) is 7.13. The first-order valence-electron chi connectivity index (χ1n) is 6.33. The van der Waals surface area contributed by atoms with Crippen molar-refractivity contribution in [1.82, 2.24) is 15.3 Å². The molecule has 0 amide bonds. The molecule has 6 heteroatoms. The second-order valence-electron chi connectivity index (χ2n) is 4.20. The summed E-state index contributed by atoms with van der Waals surface area (Å²) in [5.41, 5.74) is 0.803. The van der Waals surface area contributed by atoms with Gasteiger partial charge in [-0.25, -0.2) is 9.37 Å².